The van der Waals surface area contributed by atoms with Crippen molar-refractivity contribution in [2.24, 2.45) is 0 Å². The number of halogens is 2. The van der Waals surface area contributed by atoms with Gasteiger partial charge in [-0.15, -0.1) is 0 Å². The molecule has 3 heterocycles. The van der Waals surface area contributed by atoms with Gasteiger partial charge in [0.15, 0.2) is 5.76 Å². The minimum absolute atomic E-state index is 0.0443. The lowest BCUT2D eigenvalue weighted by Gasteiger charge is -2.28. The van der Waals surface area contributed by atoms with E-state index in [9.17, 15) is 9.90 Å². The van der Waals surface area contributed by atoms with E-state index in [0.29, 0.717) is 29.1 Å². The Morgan fingerprint density at radius 3 is 2.90 bits per heavy atom. The number of hydrogen-bond donors (Lipinski definition) is 3. The molecule has 2 aliphatic rings. The largest absolute Gasteiger partial charge is 0.506 e. The molecule has 3 aromatic rings. The molecule has 1 saturated heterocycles. The second-order valence-corrected chi connectivity index (χ2v) is 8.65. The molecule has 0 unspecified atom stereocenters. The second-order valence-electron chi connectivity index (χ2n) is 7.33. The number of ether oxygens (including phenoxy) is 1. The van der Waals surface area contributed by atoms with Gasteiger partial charge in [-0.2, -0.15) is 5.10 Å². The molecule has 0 radical (unpaired) electrons. The quantitative estimate of drug-likeness (QED) is 0.486. The number of piperazine rings is 1. The summed E-state index contributed by atoms with van der Waals surface area (Å²) in [6.45, 7) is 3.87. The van der Waals surface area contributed by atoms with E-state index in [1.165, 1.54) is 6.07 Å². The first-order valence-corrected chi connectivity index (χ1v) is 10.7. The van der Waals surface area contributed by atoms with Gasteiger partial charge in [-0.1, -0.05) is 27.5 Å². The highest BCUT2D eigenvalue weighted by atomic mass is 79.9. The van der Waals surface area contributed by atoms with Crippen LogP contribution in [0.25, 0.3) is 17.0 Å². The maximum absolute atomic E-state index is 13.0. The fraction of sp³-hybridized carbons (Fsp3) is 0.238. The van der Waals surface area contributed by atoms with Crippen molar-refractivity contribution >= 4 is 50.3 Å². The van der Waals surface area contributed by atoms with Crippen molar-refractivity contribution in [3.63, 3.8) is 0 Å². The Morgan fingerprint density at radius 1 is 1.30 bits per heavy atom. The van der Waals surface area contributed by atoms with Crippen LogP contribution in [0.1, 0.15) is 21.6 Å². The van der Waals surface area contributed by atoms with Gasteiger partial charge >= 0.3 is 0 Å². The molecule has 7 nitrogen and oxygen atoms in total. The maximum atomic E-state index is 13.0. The van der Waals surface area contributed by atoms with Crippen LogP contribution in [0, 0.1) is 0 Å². The highest BCUT2D eigenvalue weighted by molar-refractivity contribution is 9.10. The summed E-state index contributed by atoms with van der Waals surface area (Å²) < 4.78 is 6.88. The summed E-state index contributed by atoms with van der Waals surface area (Å²) in [5.41, 5.74) is 2.34. The van der Waals surface area contributed by atoms with Crippen LogP contribution in [-0.2, 0) is 6.54 Å². The number of nitrogens with one attached hydrogen (secondary N) is 2. The number of rotatable bonds is 3. The van der Waals surface area contributed by atoms with Gasteiger partial charge in [0.25, 0.3) is 0 Å². The normalized spacial score (nSPS) is 18.2. The van der Waals surface area contributed by atoms with Crippen molar-refractivity contribution in [1.29, 1.82) is 0 Å². The molecule has 0 saturated carbocycles. The number of phenolic OH excluding ortho intramolecular Hbond substituents is 1. The number of aromatic nitrogens is 2. The zero-order chi connectivity index (χ0) is 20.8. The summed E-state index contributed by atoms with van der Waals surface area (Å²) in [5.74, 6) is 0.200. The Hall–Kier alpha value is -2.39. The Kier molecular flexibility index (Phi) is 5.02. The first-order chi connectivity index (χ1) is 14.5. The van der Waals surface area contributed by atoms with E-state index in [2.05, 4.69) is 36.3 Å². The highest BCUT2D eigenvalue weighted by Crippen LogP contribution is 2.44. The van der Waals surface area contributed by atoms with Gasteiger partial charge < -0.3 is 15.2 Å². The number of fused-ring (bicyclic) bond motifs is 2. The molecule has 9 heteroatoms. The fourth-order valence-electron chi connectivity index (χ4n) is 3.82. The number of nitrogens with zero attached hydrogens (tertiary/aromatic N) is 2. The molecule has 2 aromatic carbocycles. The van der Waals surface area contributed by atoms with Crippen LogP contribution in [0.5, 0.6) is 11.5 Å². The van der Waals surface area contributed by atoms with Crippen molar-refractivity contribution in [3.8, 4) is 11.5 Å². The van der Waals surface area contributed by atoms with Crippen LogP contribution < -0.4 is 10.1 Å². The van der Waals surface area contributed by atoms with Crippen LogP contribution in [0.2, 0.25) is 5.02 Å². The summed E-state index contributed by atoms with van der Waals surface area (Å²) >= 11 is 9.70. The van der Waals surface area contributed by atoms with Crippen LogP contribution in [0.3, 0.4) is 0 Å². The monoisotopic (exact) mass is 488 g/mol. The van der Waals surface area contributed by atoms with E-state index in [4.69, 9.17) is 16.3 Å². The van der Waals surface area contributed by atoms with Crippen LogP contribution >= 0.6 is 27.5 Å². The number of ketones is 1. The van der Waals surface area contributed by atoms with E-state index >= 15 is 0 Å². The Bertz CT molecular complexity index is 1200. The number of benzene rings is 2. The molecule has 0 atom stereocenters. The average Bonchev–Trinajstić information content (AvgIpc) is 3.28. The van der Waals surface area contributed by atoms with Gasteiger partial charge in [0.2, 0.25) is 5.78 Å². The maximum Gasteiger partial charge on any atom is 0.232 e. The fourth-order valence-corrected chi connectivity index (χ4v) is 4.41. The predicted octanol–water partition coefficient (Wildman–Crippen LogP) is 3.71. The molecule has 154 valence electrons. The number of aromatic hydroxyl groups is 1. The molecule has 1 aromatic heterocycles. The van der Waals surface area contributed by atoms with E-state index in [1.807, 2.05) is 18.2 Å². The second kappa shape index (κ2) is 7.70. The van der Waals surface area contributed by atoms with Crippen molar-refractivity contribution < 1.29 is 14.6 Å². The van der Waals surface area contributed by atoms with Crippen molar-refractivity contribution in [1.82, 2.24) is 20.4 Å². The van der Waals surface area contributed by atoms with Gasteiger partial charge in [0, 0.05) is 48.7 Å². The zero-order valence-electron chi connectivity index (χ0n) is 15.8. The van der Waals surface area contributed by atoms with Gasteiger partial charge in [-0.25, -0.2) is 0 Å². The summed E-state index contributed by atoms with van der Waals surface area (Å²) in [6, 6.07) is 7.22. The third-order valence-corrected chi connectivity index (χ3v) is 6.18. The highest BCUT2D eigenvalue weighted by Gasteiger charge is 2.33. The number of aromatic amines is 1. The summed E-state index contributed by atoms with van der Waals surface area (Å²) in [5, 5.41) is 22.2. The van der Waals surface area contributed by atoms with E-state index in [1.54, 1.807) is 6.08 Å². The predicted molar refractivity (Wildman–Crippen MR) is 118 cm³/mol. The third-order valence-electron chi connectivity index (χ3n) is 5.40. The van der Waals surface area contributed by atoms with E-state index in [-0.39, 0.29) is 22.3 Å². The third kappa shape index (κ3) is 3.39. The molecule has 0 spiro atoms. The van der Waals surface area contributed by atoms with Gasteiger partial charge in [0.05, 0.1) is 27.4 Å². The molecular weight excluding hydrogens is 472 g/mol. The first kappa shape index (κ1) is 19.6. The zero-order valence-corrected chi connectivity index (χ0v) is 18.2. The van der Waals surface area contributed by atoms with Crippen molar-refractivity contribution in [2.75, 3.05) is 26.2 Å². The molecular formula is C21H18BrClN4O3. The minimum atomic E-state index is -0.278. The Balaban J connectivity index is 1.54. The lowest BCUT2D eigenvalue weighted by Crippen LogP contribution is -2.42. The van der Waals surface area contributed by atoms with Gasteiger partial charge in [-0.3, -0.25) is 14.8 Å². The standard InChI is InChI=1S/C21H18BrClN4O3/c22-11-1-2-16-12(7-11)17(26-25-16)9-18-20(29)13-8-15(23)19(28)14(21(13)30-18)10-27-5-3-24-4-6-27/h1-2,7-9,24,28H,3-6,10H2,(H,25,26). The summed E-state index contributed by atoms with van der Waals surface area (Å²) in [7, 11) is 0. The summed E-state index contributed by atoms with van der Waals surface area (Å²) in [6.07, 6.45) is 1.62. The molecule has 1 fully saturated rings. The van der Waals surface area contributed by atoms with Gasteiger partial charge in [0.1, 0.15) is 11.5 Å². The molecule has 0 bridgehead atoms. The number of phenols is 1. The van der Waals surface area contributed by atoms with Crippen molar-refractivity contribution in [2.45, 2.75) is 6.54 Å². The van der Waals surface area contributed by atoms with E-state index in [0.717, 1.165) is 41.6 Å². The molecule has 0 amide bonds. The SMILES string of the molecule is O=C1C(=Cc2n[nH]c3ccc(Br)cc23)Oc2c1cc(Cl)c(O)c2CN1CCNCC1. The van der Waals surface area contributed by atoms with E-state index < -0.39 is 0 Å². The molecule has 0 aliphatic carbocycles. The number of H-pyrrole nitrogens is 1. The Labute approximate surface area is 185 Å². The van der Waals surface area contributed by atoms with Crippen LogP contribution in [-0.4, -0.2) is 52.2 Å². The van der Waals surface area contributed by atoms with Crippen LogP contribution in [0.15, 0.2) is 34.5 Å². The molecule has 2 aliphatic heterocycles. The van der Waals surface area contributed by atoms with Gasteiger partial charge in [-0.05, 0) is 24.3 Å². The Morgan fingerprint density at radius 2 is 2.10 bits per heavy atom. The first-order valence-electron chi connectivity index (χ1n) is 9.56. The number of hydrogen-bond acceptors (Lipinski definition) is 6. The number of Topliss-reactive ketones (excluding diaryl/α,β-unsaturated/α-hetero) is 1. The smallest absolute Gasteiger partial charge is 0.232 e. The van der Waals surface area contributed by atoms with Crippen molar-refractivity contribution in [3.05, 3.63) is 56.3 Å². The number of allylic oxidation sites excluding steroid dienone is 1. The number of carbonyl (C=O) groups is 1. The molecule has 5 rings (SSSR count). The average molecular weight is 490 g/mol. The molecule has 30 heavy (non-hydrogen) atoms. The summed E-state index contributed by atoms with van der Waals surface area (Å²) in [4.78, 5) is 15.2. The lowest BCUT2D eigenvalue weighted by atomic mass is 10.0. The lowest BCUT2D eigenvalue weighted by molar-refractivity contribution is 0.101. The topological polar surface area (TPSA) is 90.5 Å². The molecule has 3 N–H and O–H groups in total. The minimum Gasteiger partial charge on any atom is -0.506 e. The number of carbonyl (C=O) groups excluding carboxylic acids is 1. The van der Waals surface area contributed by atoms with Crippen LogP contribution in [0.4, 0.5) is 0 Å².